The van der Waals surface area contributed by atoms with Crippen LogP contribution in [0.15, 0.2) is 36.7 Å². The number of hydrogen-bond donors (Lipinski definition) is 1. The fourth-order valence-corrected chi connectivity index (χ4v) is 3.30. The summed E-state index contributed by atoms with van der Waals surface area (Å²) >= 11 is 0. The van der Waals surface area contributed by atoms with Crippen LogP contribution in [0.4, 0.5) is 5.82 Å². The largest absolute Gasteiger partial charge is 0.497 e. The molecule has 5 heteroatoms. The van der Waals surface area contributed by atoms with Crippen molar-refractivity contribution in [2.45, 2.75) is 25.8 Å². The first kappa shape index (κ1) is 15.7. The Morgan fingerprint density at radius 1 is 1.30 bits per heavy atom. The smallest absolute Gasteiger partial charge is 0.145 e. The van der Waals surface area contributed by atoms with Crippen LogP contribution in [0.3, 0.4) is 0 Å². The van der Waals surface area contributed by atoms with Crippen molar-refractivity contribution < 1.29 is 4.74 Å². The predicted octanol–water partition coefficient (Wildman–Crippen LogP) is 2.52. The second kappa shape index (κ2) is 7.42. The minimum Gasteiger partial charge on any atom is -0.497 e. The van der Waals surface area contributed by atoms with Gasteiger partial charge in [0.25, 0.3) is 0 Å². The van der Waals surface area contributed by atoms with Crippen molar-refractivity contribution in [1.29, 1.82) is 0 Å². The standard InChI is InChI=1S/C18H24N4O/c1-23-16-6-2-4-14(10-16)12-22-9-3-5-15(13-22)11-17-18(19)21-8-7-20-17/h2,4,6-8,10,15H,3,5,9,11-13H2,1H3,(H2,19,21). The van der Waals surface area contributed by atoms with Crippen LogP contribution in [-0.2, 0) is 13.0 Å². The Balaban J connectivity index is 1.60. The first-order chi connectivity index (χ1) is 11.2. The summed E-state index contributed by atoms with van der Waals surface area (Å²) in [6.45, 7) is 3.18. The van der Waals surface area contributed by atoms with E-state index in [0.717, 1.165) is 37.5 Å². The summed E-state index contributed by atoms with van der Waals surface area (Å²) < 4.78 is 5.31. The summed E-state index contributed by atoms with van der Waals surface area (Å²) in [6, 6.07) is 8.31. The summed E-state index contributed by atoms with van der Waals surface area (Å²) in [6.07, 6.45) is 6.73. The topological polar surface area (TPSA) is 64.3 Å². The third kappa shape index (κ3) is 4.20. The fraction of sp³-hybridized carbons (Fsp3) is 0.444. The number of rotatable bonds is 5. The maximum absolute atomic E-state index is 5.93. The van der Waals surface area contributed by atoms with Crippen molar-refractivity contribution in [2.75, 3.05) is 25.9 Å². The fourth-order valence-electron chi connectivity index (χ4n) is 3.30. The average molecular weight is 312 g/mol. The third-order valence-corrected chi connectivity index (χ3v) is 4.43. The van der Waals surface area contributed by atoms with Crippen molar-refractivity contribution in [2.24, 2.45) is 5.92 Å². The molecule has 1 aliphatic rings. The molecule has 0 amide bonds. The lowest BCUT2D eigenvalue weighted by atomic mass is 9.93. The van der Waals surface area contributed by atoms with E-state index >= 15 is 0 Å². The van der Waals surface area contributed by atoms with Gasteiger partial charge in [0.2, 0.25) is 0 Å². The van der Waals surface area contributed by atoms with Crippen LogP contribution >= 0.6 is 0 Å². The number of benzene rings is 1. The first-order valence-electron chi connectivity index (χ1n) is 8.15. The van der Waals surface area contributed by atoms with E-state index in [-0.39, 0.29) is 0 Å². The minimum absolute atomic E-state index is 0.567. The van der Waals surface area contributed by atoms with Crippen LogP contribution in [0.5, 0.6) is 5.75 Å². The van der Waals surface area contributed by atoms with Gasteiger partial charge in [-0.25, -0.2) is 4.98 Å². The monoisotopic (exact) mass is 312 g/mol. The number of piperidine rings is 1. The van der Waals surface area contributed by atoms with Gasteiger partial charge in [-0.05, 0) is 49.4 Å². The highest BCUT2D eigenvalue weighted by Crippen LogP contribution is 2.23. The van der Waals surface area contributed by atoms with Crippen molar-refractivity contribution >= 4 is 5.82 Å². The molecule has 1 unspecified atom stereocenters. The molecule has 5 nitrogen and oxygen atoms in total. The molecule has 0 bridgehead atoms. The molecule has 0 aliphatic carbocycles. The van der Waals surface area contributed by atoms with E-state index in [1.807, 2.05) is 6.07 Å². The van der Waals surface area contributed by atoms with Gasteiger partial charge >= 0.3 is 0 Å². The number of anilines is 1. The molecule has 2 heterocycles. The second-order valence-electron chi connectivity index (χ2n) is 6.19. The molecule has 1 aromatic heterocycles. The lowest BCUT2D eigenvalue weighted by molar-refractivity contribution is 0.166. The number of ether oxygens (including phenoxy) is 1. The van der Waals surface area contributed by atoms with Gasteiger partial charge in [0.1, 0.15) is 11.6 Å². The molecule has 0 spiro atoms. The molecular formula is C18H24N4O. The van der Waals surface area contributed by atoms with E-state index in [1.165, 1.54) is 18.4 Å². The Bertz CT molecular complexity index is 646. The van der Waals surface area contributed by atoms with Crippen molar-refractivity contribution in [1.82, 2.24) is 14.9 Å². The van der Waals surface area contributed by atoms with Crippen molar-refractivity contribution in [3.05, 3.63) is 47.9 Å². The number of nitrogen functional groups attached to an aromatic ring is 1. The van der Waals surface area contributed by atoms with E-state index < -0.39 is 0 Å². The van der Waals surface area contributed by atoms with Gasteiger partial charge in [-0.3, -0.25) is 9.88 Å². The maximum Gasteiger partial charge on any atom is 0.145 e. The van der Waals surface area contributed by atoms with Crippen LogP contribution in [-0.4, -0.2) is 35.1 Å². The Labute approximate surface area is 137 Å². The van der Waals surface area contributed by atoms with Gasteiger partial charge in [0.05, 0.1) is 12.8 Å². The second-order valence-corrected chi connectivity index (χ2v) is 6.19. The highest BCUT2D eigenvalue weighted by molar-refractivity contribution is 5.33. The molecule has 1 saturated heterocycles. The van der Waals surface area contributed by atoms with Crippen LogP contribution in [0.2, 0.25) is 0 Å². The lowest BCUT2D eigenvalue weighted by Gasteiger charge is -2.32. The van der Waals surface area contributed by atoms with Gasteiger partial charge in [0.15, 0.2) is 0 Å². The Kier molecular flexibility index (Phi) is 5.08. The molecular weight excluding hydrogens is 288 g/mol. The summed E-state index contributed by atoms with van der Waals surface area (Å²) in [5.74, 6) is 2.08. The number of nitrogens with zero attached hydrogens (tertiary/aromatic N) is 3. The summed E-state index contributed by atoms with van der Waals surface area (Å²) in [5, 5.41) is 0. The van der Waals surface area contributed by atoms with E-state index in [4.69, 9.17) is 10.5 Å². The maximum atomic E-state index is 5.93. The van der Waals surface area contributed by atoms with Crippen molar-refractivity contribution in [3.63, 3.8) is 0 Å². The van der Waals surface area contributed by atoms with Crippen LogP contribution in [0, 0.1) is 5.92 Å². The zero-order chi connectivity index (χ0) is 16.1. The number of likely N-dealkylation sites (tertiary alicyclic amines) is 1. The summed E-state index contributed by atoms with van der Waals surface area (Å²) in [4.78, 5) is 11.0. The van der Waals surface area contributed by atoms with Gasteiger partial charge in [-0.1, -0.05) is 12.1 Å². The molecule has 1 atom stereocenters. The summed E-state index contributed by atoms with van der Waals surface area (Å²) in [5.41, 5.74) is 8.15. The molecule has 0 radical (unpaired) electrons. The molecule has 1 aromatic carbocycles. The molecule has 1 aliphatic heterocycles. The van der Waals surface area contributed by atoms with E-state index in [1.54, 1.807) is 19.5 Å². The number of methoxy groups -OCH3 is 1. The zero-order valence-corrected chi connectivity index (χ0v) is 13.6. The molecule has 3 rings (SSSR count). The molecule has 0 saturated carbocycles. The summed E-state index contributed by atoms with van der Waals surface area (Å²) in [7, 11) is 1.71. The quantitative estimate of drug-likeness (QED) is 0.919. The van der Waals surface area contributed by atoms with Crippen LogP contribution in [0.1, 0.15) is 24.1 Å². The van der Waals surface area contributed by atoms with Gasteiger partial charge in [0, 0.05) is 25.5 Å². The Hall–Kier alpha value is -2.14. The Morgan fingerprint density at radius 2 is 2.17 bits per heavy atom. The molecule has 2 aromatic rings. The van der Waals surface area contributed by atoms with E-state index in [9.17, 15) is 0 Å². The molecule has 1 fully saturated rings. The molecule has 23 heavy (non-hydrogen) atoms. The number of aromatic nitrogens is 2. The van der Waals surface area contributed by atoms with Crippen molar-refractivity contribution in [3.8, 4) is 5.75 Å². The van der Waals surface area contributed by atoms with E-state index in [2.05, 4.69) is 33.1 Å². The van der Waals surface area contributed by atoms with Gasteiger partial charge in [-0.2, -0.15) is 0 Å². The SMILES string of the molecule is COc1cccc(CN2CCCC(Cc3nccnc3N)C2)c1. The average Bonchev–Trinajstić information content (AvgIpc) is 2.57. The highest BCUT2D eigenvalue weighted by Gasteiger charge is 2.21. The van der Waals surface area contributed by atoms with Gasteiger partial charge < -0.3 is 10.5 Å². The third-order valence-electron chi connectivity index (χ3n) is 4.43. The Morgan fingerprint density at radius 3 is 3.00 bits per heavy atom. The first-order valence-corrected chi connectivity index (χ1v) is 8.15. The predicted molar refractivity (Wildman–Crippen MR) is 91.1 cm³/mol. The highest BCUT2D eigenvalue weighted by atomic mass is 16.5. The van der Waals surface area contributed by atoms with Crippen LogP contribution < -0.4 is 10.5 Å². The molecule has 122 valence electrons. The van der Waals surface area contributed by atoms with E-state index in [0.29, 0.717) is 11.7 Å². The van der Waals surface area contributed by atoms with Gasteiger partial charge in [-0.15, -0.1) is 0 Å². The molecule has 2 N–H and O–H groups in total. The number of nitrogens with two attached hydrogens (primary N) is 1. The van der Waals surface area contributed by atoms with Crippen LogP contribution in [0.25, 0.3) is 0 Å². The normalized spacial score (nSPS) is 18.7. The number of hydrogen-bond acceptors (Lipinski definition) is 5. The lowest BCUT2D eigenvalue weighted by Crippen LogP contribution is -2.36. The zero-order valence-electron chi connectivity index (χ0n) is 13.6. The minimum atomic E-state index is 0.567.